The van der Waals surface area contributed by atoms with Gasteiger partial charge in [0.05, 0.1) is 0 Å². The van der Waals surface area contributed by atoms with Gasteiger partial charge in [-0.05, 0) is 25.2 Å². The Labute approximate surface area is 101 Å². The fourth-order valence-electron chi connectivity index (χ4n) is 1.50. The number of nitrogens with zero attached hydrogens (tertiary/aromatic N) is 2. The number of pyridine rings is 1. The zero-order valence-corrected chi connectivity index (χ0v) is 10.2. The van der Waals surface area contributed by atoms with E-state index in [1.807, 2.05) is 0 Å². The molecule has 0 atom stereocenters. The highest BCUT2D eigenvalue weighted by Gasteiger charge is 2.11. The summed E-state index contributed by atoms with van der Waals surface area (Å²) in [6.07, 6.45) is 1.41. The highest BCUT2D eigenvalue weighted by atomic mass is 19.1. The number of hydrogen-bond donors (Lipinski definition) is 1. The van der Waals surface area contributed by atoms with Crippen molar-refractivity contribution in [3.63, 3.8) is 0 Å². The van der Waals surface area contributed by atoms with E-state index in [2.05, 4.69) is 29.0 Å². The van der Waals surface area contributed by atoms with E-state index in [1.54, 1.807) is 0 Å². The smallest absolute Gasteiger partial charge is 0.272 e. The summed E-state index contributed by atoms with van der Waals surface area (Å²) in [5.41, 5.74) is -0.146. The van der Waals surface area contributed by atoms with Crippen molar-refractivity contribution in [2.45, 2.75) is 13.8 Å². The molecule has 4 nitrogen and oxygen atoms in total. The van der Waals surface area contributed by atoms with Gasteiger partial charge >= 0.3 is 0 Å². The molecule has 1 aromatic heterocycles. The molecule has 0 aliphatic rings. The van der Waals surface area contributed by atoms with E-state index in [9.17, 15) is 9.18 Å². The number of rotatable bonds is 6. The van der Waals surface area contributed by atoms with Gasteiger partial charge in [0.2, 0.25) is 0 Å². The van der Waals surface area contributed by atoms with Crippen molar-refractivity contribution in [2.75, 3.05) is 26.2 Å². The van der Waals surface area contributed by atoms with Gasteiger partial charge in [-0.3, -0.25) is 4.79 Å². The Morgan fingerprint density at radius 3 is 2.76 bits per heavy atom. The molecule has 0 radical (unpaired) electrons. The van der Waals surface area contributed by atoms with Crippen LogP contribution >= 0.6 is 0 Å². The minimum absolute atomic E-state index is 0.146. The fourth-order valence-corrected chi connectivity index (χ4v) is 1.50. The Morgan fingerprint density at radius 2 is 2.18 bits per heavy atom. The Morgan fingerprint density at radius 1 is 1.47 bits per heavy atom. The van der Waals surface area contributed by atoms with Crippen LogP contribution in [0, 0.1) is 5.82 Å². The maximum absolute atomic E-state index is 13.2. The predicted octanol–water partition coefficient (Wildman–Crippen LogP) is 1.29. The minimum atomic E-state index is -0.590. The van der Waals surface area contributed by atoms with Crippen molar-refractivity contribution in [2.24, 2.45) is 0 Å². The van der Waals surface area contributed by atoms with Gasteiger partial charge < -0.3 is 10.2 Å². The molecule has 0 spiro atoms. The van der Waals surface area contributed by atoms with E-state index in [0.29, 0.717) is 6.54 Å². The van der Waals surface area contributed by atoms with E-state index < -0.39 is 11.7 Å². The molecule has 94 valence electrons. The summed E-state index contributed by atoms with van der Waals surface area (Å²) < 4.78 is 13.2. The average molecular weight is 239 g/mol. The Bertz CT molecular complexity index is 367. The molecule has 0 aliphatic heterocycles. The lowest BCUT2D eigenvalue weighted by Crippen LogP contribution is -2.35. The molecule has 0 unspecified atom stereocenters. The normalized spacial score (nSPS) is 10.6. The molecule has 17 heavy (non-hydrogen) atoms. The second-order valence-electron chi connectivity index (χ2n) is 3.62. The lowest BCUT2D eigenvalue weighted by atomic mass is 10.3. The Kier molecular flexibility index (Phi) is 5.56. The average Bonchev–Trinajstić information content (AvgIpc) is 2.35. The van der Waals surface area contributed by atoms with Gasteiger partial charge in [-0.15, -0.1) is 0 Å². The Hall–Kier alpha value is -1.49. The molecule has 1 rings (SSSR count). The van der Waals surface area contributed by atoms with Gasteiger partial charge in [-0.1, -0.05) is 13.8 Å². The molecule has 1 N–H and O–H groups in total. The summed E-state index contributed by atoms with van der Waals surface area (Å²) in [6.45, 7) is 7.24. The predicted molar refractivity (Wildman–Crippen MR) is 64.3 cm³/mol. The SMILES string of the molecule is CCN(CC)CCNC(=O)c1ncccc1F. The zero-order valence-electron chi connectivity index (χ0n) is 10.2. The first-order chi connectivity index (χ1) is 8.19. The van der Waals surface area contributed by atoms with Gasteiger partial charge in [-0.2, -0.15) is 0 Å². The summed E-state index contributed by atoms with van der Waals surface area (Å²) in [5, 5.41) is 2.66. The highest BCUT2D eigenvalue weighted by molar-refractivity contribution is 5.92. The van der Waals surface area contributed by atoms with E-state index >= 15 is 0 Å². The molecule has 0 bridgehead atoms. The topological polar surface area (TPSA) is 45.2 Å². The first-order valence-electron chi connectivity index (χ1n) is 5.80. The summed E-state index contributed by atoms with van der Waals surface area (Å²) in [4.78, 5) is 17.5. The summed E-state index contributed by atoms with van der Waals surface area (Å²) >= 11 is 0. The van der Waals surface area contributed by atoms with E-state index in [-0.39, 0.29) is 5.69 Å². The number of nitrogens with one attached hydrogen (secondary N) is 1. The summed E-state index contributed by atoms with van der Waals surface area (Å²) in [6, 6.07) is 2.69. The number of aromatic nitrogens is 1. The molecule has 0 aliphatic carbocycles. The number of carbonyl (C=O) groups is 1. The first kappa shape index (κ1) is 13.6. The van der Waals surface area contributed by atoms with Crippen molar-refractivity contribution < 1.29 is 9.18 Å². The number of halogens is 1. The third-order valence-corrected chi connectivity index (χ3v) is 2.58. The van der Waals surface area contributed by atoms with Crippen LogP contribution in [0.3, 0.4) is 0 Å². The molecular formula is C12H18FN3O. The summed E-state index contributed by atoms with van der Waals surface area (Å²) in [7, 11) is 0. The van der Waals surface area contributed by atoms with Crippen LogP contribution in [0.15, 0.2) is 18.3 Å². The van der Waals surface area contributed by atoms with E-state index in [1.165, 1.54) is 18.3 Å². The largest absolute Gasteiger partial charge is 0.349 e. The lowest BCUT2D eigenvalue weighted by molar-refractivity contribution is 0.0939. The van der Waals surface area contributed by atoms with Crippen LogP contribution in [0.4, 0.5) is 4.39 Å². The first-order valence-corrected chi connectivity index (χ1v) is 5.80. The quantitative estimate of drug-likeness (QED) is 0.813. The number of likely N-dealkylation sites (N-methyl/N-ethyl adjacent to an activating group) is 1. The van der Waals surface area contributed by atoms with Crippen LogP contribution in [0.2, 0.25) is 0 Å². The molecule has 1 heterocycles. The molecular weight excluding hydrogens is 221 g/mol. The van der Waals surface area contributed by atoms with Crippen molar-refractivity contribution >= 4 is 5.91 Å². The van der Waals surface area contributed by atoms with Crippen LogP contribution in [0.25, 0.3) is 0 Å². The fraction of sp³-hybridized carbons (Fsp3) is 0.500. The zero-order chi connectivity index (χ0) is 12.7. The third-order valence-electron chi connectivity index (χ3n) is 2.58. The van der Waals surface area contributed by atoms with Crippen LogP contribution in [0.5, 0.6) is 0 Å². The minimum Gasteiger partial charge on any atom is -0.349 e. The van der Waals surface area contributed by atoms with Crippen LogP contribution in [-0.4, -0.2) is 42.0 Å². The van der Waals surface area contributed by atoms with Gasteiger partial charge in [0, 0.05) is 19.3 Å². The number of hydrogen-bond acceptors (Lipinski definition) is 3. The second-order valence-corrected chi connectivity index (χ2v) is 3.62. The van der Waals surface area contributed by atoms with Crippen molar-refractivity contribution in [3.05, 3.63) is 29.8 Å². The molecule has 0 saturated carbocycles. The Balaban J connectivity index is 2.43. The monoisotopic (exact) mass is 239 g/mol. The second kappa shape index (κ2) is 6.96. The maximum atomic E-state index is 13.2. The standard InChI is InChI=1S/C12H18FN3O/c1-3-16(4-2)9-8-15-12(17)11-10(13)6-5-7-14-11/h5-7H,3-4,8-9H2,1-2H3,(H,15,17). The van der Waals surface area contributed by atoms with Gasteiger partial charge in [-0.25, -0.2) is 9.37 Å². The molecule has 1 aromatic rings. The molecule has 0 fully saturated rings. The van der Waals surface area contributed by atoms with Gasteiger partial charge in [0.25, 0.3) is 5.91 Å². The number of carbonyl (C=O) groups excluding carboxylic acids is 1. The maximum Gasteiger partial charge on any atom is 0.272 e. The highest BCUT2D eigenvalue weighted by Crippen LogP contribution is 2.01. The third kappa shape index (κ3) is 4.11. The van der Waals surface area contributed by atoms with Crippen LogP contribution < -0.4 is 5.32 Å². The van der Waals surface area contributed by atoms with Gasteiger partial charge in [0.15, 0.2) is 11.5 Å². The molecule has 5 heteroatoms. The molecule has 0 aromatic carbocycles. The van der Waals surface area contributed by atoms with Crippen molar-refractivity contribution in [3.8, 4) is 0 Å². The van der Waals surface area contributed by atoms with Gasteiger partial charge in [0.1, 0.15) is 0 Å². The lowest BCUT2D eigenvalue weighted by Gasteiger charge is -2.17. The van der Waals surface area contributed by atoms with Crippen LogP contribution in [0.1, 0.15) is 24.3 Å². The van der Waals surface area contributed by atoms with E-state index in [0.717, 1.165) is 19.6 Å². The number of amides is 1. The van der Waals surface area contributed by atoms with Crippen molar-refractivity contribution in [1.82, 2.24) is 15.2 Å². The molecule has 0 saturated heterocycles. The van der Waals surface area contributed by atoms with Crippen molar-refractivity contribution in [1.29, 1.82) is 0 Å². The van der Waals surface area contributed by atoms with Crippen LogP contribution in [-0.2, 0) is 0 Å². The summed E-state index contributed by atoms with van der Waals surface area (Å²) in [5.74, 6) is -1.05. The molecule has 1 amide bonds. The van der Waals surface area contributed by atoms with E-state index in [4.69, 9.17) is 0 Å².